The molecule has 0 amide bonds. The molecule has 1 aromatic rings. The zero-order valence-corrected chi connectivity index (χ0v) is 11.0. The van der Waals surface area contributed by atoms with Crippen molar-refractivity contribution in [2.45, 2.75) is 44.6 Å². The molecule has 1 rings (SSSR count). The molecular formula is C13H20OS. The van der Waals surface area contributed by atoms with Crippen LogP contribution in [0.25, 0.3) is 0 Å². The molecule has 0 aliphatic carbocycles. The average molecular weight is 224 g/mol. The van der Waals surface area contributed by atoms with E-state index in [1.807, 2.05) is 0 Å². The number of hydrogen-bond donors (Lipinski definition) is 0. The highest BCUT2D eigenvalue weighted by Gasteiger charge is 2.09. The maximum absolute atomic E-state index is 5.80. The summed E-state index contributed by atoms with van der Waals surface area (Å²) in [7, 11) is 0. The van der Waals surface area contributed by atoms with Gasteiger partial charge in [-0.25, -0.2) is 0 Å². The zero-order chi connectivity index (χ0) is 11.4. The van der Waals surface area contributed by atoms with Gasteiger partial charge in [0.25, 0.3) is 0 Å². The van der Waals surface area contributed by atoms with E-state index in [1.54, 1.807) is 11.8 Å². The van der Waals surface area contributed by atoms with Crippen LogP contribution < -0.4 is 4.74 Å². The smallest absolute Gasteiger partial charge is 0.123 e. The normalized spacial score (nSPS) is 11.1. The van der Waals surface area contributed by atoms with Gasteiger partial charge in [0, 0.05) is 4.90 Å². The van der Waals surface area contributed by atoms with Crippen molar-refractivity contribution < 1.29 is 4.74 Å². The largest absolute Gasteiger partial charge is 0.491 e. The highest BCUT2D eigenvalue weighted by Crippen LogP contribution is 2.31. The summed E-state index contributed by atoms with van der Waals surface area (Å²) in [4.78, 5) is 1.30. The molecule has 1 nitrogen and oxygen atoms in total. The molecule has 0 aromatic heterocycles. The minimum absolute atomic E-state index is 0.239. The Bertz CT molecular complexity index is 318. The first-order valence-electron chi connectivity index (χ1n) is 5.39. The summed E-state index contributed by atoms with van der Waals surface area (Å²) >= 11 is 1.77. The summed E-state index contributed by atoms with van der Waals surface area (Å²) in [6, 6.07) is 6.43. The van der Waals surface area contributed by atoms with Crippen molar-refractivity contribution in [1.82, 2.24) is 0 Å². The predicted molar refractivity (Wildman–Crippen MR) is 68.1 cm³/mol. The quantitative estimate of drug-likeness (QED) is 0.704. The topological polar surface area (TPSA) is 9.23 Å². The molecule has 0 aliphatic heterocycles. The Labute approximate surface area is 97.2 Å². The molecule has 0 heterocycles. The van der Waals surface area contributed by atoms with Gasteiger partial charge in [0.15, 0.2) is 0 Å². The number of thioether (sulfide) groups is 1. The molecule has 15 heavy (non-hydrogen) atoms. The molecule has 0 spiro atoms. The van der Waals surface area contributed by atoms with Crippen molar-refractivity contribution in [2.24, 2.45) is 0 Å². The second kappa shape index (κ2) is 5.45. The van der Waals surface area contributed by atoms with Gasteiger partial charge >= 0.3 is 0 Å². The lowest BCUT2D eigenvalue weighted by atomic mass is 10.0. The number of rotatable bonds is 4. The van der Waals surface area contributed by atoms with E-state index in [0.29, 0.717) is 5.92 Å². The van der Waals surface area contributed by atoms with Crippen LogP contribution in [0.15, 0.2) is 23.1 Å². The first-order valence-corrected chi connectivity index (χ1v) is 6.61. The van der Waals surface area contributed by atoms with E-state index >= 15 is 0 Å². The summed E-state index contributed by atoms with van der Waals surface area (Å²) in [6.07, 6.45) is 2.34. The van der Waals surface area contributed by atoms with Gasteiger partial charge in [-0.1, -0.05) is 13.8 Å². The lowest BCUT2D eigenvalue weighted by molar-refractivity contribution is 0.239. The van der Waals surface area contributed by atoms with Gasteiger partial charge in [-0.15, -0.1) is 11.8 Å². The minimum atomic E-state index is 0.239. The van der Waals surface area contributed by atoms with E-state index in [9.17, 15) is 0 Å². The van der Waals surface area contributed by atoms with Gasteiger partial charge in [-0.2, -0.15) is 0 Å². The van der Waals surface area contributed by atoms with Crippen LogP contribution in [0.1, 0.15) is 39.2 Å². The van der Waals surface area contributed by atoms with Crippen LogP contribution in [0.2, 0.25) is 0 Å². The van der Waals surface area contributed by atoms with E-state index in [-0.39, 0.29) is 6.10 Å². The average Bonchev–Trinajstić information content (AvgIpc) is 2.17. The number of hydrogen-bond acceptors (Lipinski definition) is 2. The molecule has 1 aromatic carbocycles. The molecule has 0 saturated heterocycles. The van der Waals surface area contributed by atoms with Crippen molar-refractivity contribution in [1.29, 1.82) is 0 Å². The van der Waals surface area contributed by atoms with Crippen molar-refractivity contribution in [3.8, 4) is 5.75 Å². The third kappa shape index (κ3) is 3.45. The Morgan fingerprint density at radius 1 is 1.13 bits per heavy atom. The van der Waals surface area contributed by atoms with Gasteiger partial charge < -0.3 is 4.74 Å². The molecule has 2 heteroatoms. The Hall–Kier alpha value is -0.630. The molecule has 0 atom stereocenters. The molecule has 84 valence electrons. The summed E-state index contributed by atoms with van der Waals surface area (Å²) in [5.41, 5.74) is 1.30. The summed E-state index contributed by atoms with van der Waals surface area (Å²) in [5.74, 6) is 1.53. The third-order valence-electron chi connectivity index (χ3n) is 2.20. The number of benzene rings is 1. The highest BCUT2D eigenvalue weighted by atomic mass is 32.2. The van der Waals surface area contributed by atoms with E-state index in [4.69, 9.17) is 4.74 Å². The molecule has 0 radical (unpaired) electrons. The summed E-state index contributed by atoms with van der Waals surface area (Å²) in [5, 5.41) is 0. The van der Waals surface area contributed by atoms with Gasteiger partial charge in [-0.3, -0.25) is 0 Å². The zero-order valence-electron chi connectivity index (χ0n) is 10.2. The molecule has 0 bridgehead atoms. The van der Waals surface area contributed by atoms with Crippen LogP contribution in [-0.2, 0) is 0 Å². The van der Waals surface area contributed by atoms with E-state index in [2.05, 4.69) is 52.1 Å². The van der Waals surface area contributed by atoms with Crippen molar-refractivity contribution in [3.05, 3.63) is 23.8 Å². The van der Waals surface area contributed by atoms with Gasteiger partial charge in [0.1, 0.15) is 5.75 Å². The van der Waals surface area contributed by atoms with Gasteiger partial charge in [-0.05, 0) is 49.8 Å². The minimum Gasteiger partial charge on any atom is -0.491 e. The predicted octanol–water partition coefficient (Wildman–Crippen LogP) is 4.32. The van der Waals surface area contributed by atoms with Crippen molar-refractivity contribution >= 4 is 11.8 Å². The van der Waals surface area contributed by atoms with Gasteiger partial charge in [0.05, 0.1) is 6.10 Å². The monoisotopic (exact) mass is 224 g/mol. The summed E-state index contributed by atoms with van der Waals surface area (Å²) in [6.45, 7) is 8.53. The first-order chi connectivity index (χ1) is 7.04. The van der Waals surface area contributed by atoms with Crippen LogP contribution in [0.3, 0.4) is 0 Å². The number of ether oxygens (including phenoxy) is 1. The van der Waals surface area contributed by atoms with Crippen molar-refractivity contribution in [3.63, 3.8) is 0 Å². The van der Waals surface area contributed by atoms with Crippen LogP contribution in [0, 0.1) is 0 Å². The first kappa shape index (κ1) is 12.4. The molecule has 0 N–H and O–H groups in total. The second-order valence-electron chi connectivity index (χ2n) is 4.23. The van der Waals surface area contributed by atoms with Gasteiger partial charge in [0.2, 0.25) is 0 Å². The Balaban J connectivity index is 3.03. The fraction of sp³-hybridized carbons (Fsp3) is 0.538. The Morgan fingerprint density at radius 2 is 1.80 bits per heavy atom. The molecule has 0 fully saturated rings. The van der Waals surface area contributed by atoms with Crippen LogP contribution in [-0.4, -0.2) is 12.4 Å². The van der Waals surface area contributed by atoms with E-state index in [1.165, 1.54) is 10.5 Å². The Morgan fingerprint density at radius 3 is 2.27 bits per heavy atom. The molecule has 0 unspecified atom stereocenters. The SMILES string of the molecule is CSc1ccc(OC(C)C)c(C(C)C)c1. The highest BCUT2D eigenvalue weighted by molar-refractivity contribution is 7.98. The van der Waals surface area contributed by atoms with Crippen molar-refractivity contribution in [2.75, 3.05) is 6.26 Å². The standard InChI is InChI=1S/C13H20OS/c1-9(2)12-8-11(15-5)6-7-13(12)14-10(3)4/h6-10H,1-5H3. The lowest BCUT2D eigenvalue weighted by Crippen LogP contribution is -2.08. The fourth-order valence-electron chi connectivity index (χ4n) is 1.47. The maximum Gasteiger partial charge on any atom is 0.123 e. The van der Waals surface area contributed by atoms with Crippen LogP contribution >= 0.6 is 11.8 Å². The fourth-order valence-corrected chi connectivity index (χ4v) is 1.91. The van der Waals surface area contributed by atoms with E-state index in [0.717, 1.165) is 5.75 Å². The molecule has 0 aliphatic rings. The summed E-state index contributed by atoms with van der Waals surface area (Å²) < 4.78 is 5.80. The van der Waals surface area contributed by atoms with E-state index < -0.39 is 0 Å². The lowest BCUT2D eigenvalue weighted by Gasteiger charge is -2.17. The maximum atomic E-state index is 5.80. The van der Waals surface area contributed by atoms with Crippen LogP contribution in [0.5, 0.6) is 5.75 Å². The Kier molecular flexibility index (Phi) is 4.52. The second-order valence-corrected chi connectivity index (χ2v) is 5.10. The van der Waals surface area contributed by atoms with Crippen LogP contribution in [0.4, 0.5) is 0 Å². The molecule has 0 saturated carbocycles. The third-order valence-corrected chi connectivity index (χ3v) is 2.93. The molecular weight excluding hydrogens is 204 g/mol.